The van der Waals surface area contributed by atoms with Crippen molar-refractivity contribution in [1.29, 1.82) is 0 Å². The number of benzene rings is 4. The third-order valence-electron chi connectivity index (χ3n) is 8.52. The van der Waals surface area contributed by atoms with E-state index in [0.29, 0.717) is 16.8 Å². The predicted molar refractivity (Wildman–Crippen MR) is 190 cm³/mol. The molecule has 0 aliphatic heterocycles. The van der Waals surface area contributed by atoms with Gasteiger partial charge in [-0.15, -0.1) is 0 Å². The van der Waals surface area contributed by atoms with E-state index in [2.05, 4.69) is 10.2 Å². The van der Waals surface area contributed by atoms with E-state index in [4.69, 9.17) is 16.2 Å². The SMILES string of the molecule is COC(=O)N(C(=O)[C@@H](N)C(c1ccccc1)c1ccccc1)c1ccccc1CC[C@@H](CO)N(Cc1cn[nH]c1)S(=O)(=O)c1ccc(N)cc1. The molecule has 2 atom stereocenters. The summed E-state index contributed by atoms with van der Waals surface area (Å²) in [5.41, 5.74) is 15.9. The summed E-state index contributed by atoms with van der Waals surface area (Å²) in [5.74, 6) is -1.27. The summed E-state index contributed by atoms with van der Waals surface area (Å²) in [6.45, 7) is -0.577. The number of aliphatic hydroxyl groups is 1. The molecule has 260 valence electrons. The van der Waals surface area contributed by atoms with Crippen LogP contribution in [0.1, 0.15) is 34.6 Å². The van der Waals surface area contributed by atoms with Crippen LogP contribution in [0.15, 0.2) is 126 Å². The van der Waals surface area contributed by atoms with Gasteiger partial charge in [0.05, 0.1) is 36.5 Å². The smallest absolute Gasteiger partial charge is 0.420 e. The zero-order valence-electron chi connectivity index (χ0n) is 27.5. The van der Waals surface area contributed by atoms with E-state index in [-0.39, 0.29) is 30.0 Å². The fourth-order valence-electron chi connectivity index (χ4n) is 5.94. The Kier molecular flexibility index (Phi) is 11.8. The monoisotopic (exact) mass is 696 g/mol. The number of imide groups is 1. The molecule has 6 N–H and O–H groups in total. The van der Waals surface area contributed by atoms with E-state index < -0.39 is 46.6 Å². The molecule has 4 aromatic carbocycles. The van der Waals surface area contributed by atoms with Gasteiger partial charge in [0.25, 0.3) is 5.91 Å². The molecule has 0 fully saturated rings. The van der Waals surface area contributed by atoms with E-state index in [1.54, 1.807) is 30.5 Å². The molecule has 0 spiro atoms. The van der Waals surface area contributed by atoms with Gasteiger partial charge in [-0.2, -0.15) is 9.40 Å². The maximum atomic E-state index is 14.3. The van der Waals surface area contributed by atoms with E-state index >= 15 is 0 Å². The van der Waals surface area contributed by atoms with Crippen molar-refractivity contribution in [1.82, 2.24) is 14.5 Å². The molecule has 13 heteroatoms. The van der Waals surface area contributed by atoms with Crippen LogP contribution in [0.25, 0.3) is 0 Å². The Morgan fingerprint density at radius 1 is 0.900 bits per heavy atom. The molecule has 0 bridgehead atoms. The number of aromatic amines is 1. The molecule has 12 nitrogen and oxygen atoms in total. The molecule has 0 unspecified atom stereocenters. The Hall–Kier alpha value is -5.34. The van der Waals surface area contributed by atoms with E-state index in [1.807, 2.05) is 60.7 Å². The first-order valence-electron chi connectivity index (χ1n) is 16.0. The lowest BCUT2D eigenvalue weighted by Gasteiger charge is -2.31. The summed E-state index contributed by atoms with van der Waals surface area (Å²) >= 11 is 0. The van der Waals surface area contributed by atoms with Crippen molar-refractivity contribution in [3.8, 4) is 0 Å². The van der Waals surface area contributed by atoms with Gasteiger partial charge in [-0.25, -0.2) is 18.1 Å². The molecule has 0 aliphatic rings. The number of carbonyl (C=O) groups is 2. The molecule has 5 rings (SSSR count). The van der Waals surface area contributed by atoms with Gasteiger partial charge in [0.15, 0.2) is 0 Å². The second-order valence-electron chi connectivity index (χ2n) is 11.7. The molecular weight excluding hydrogens is 657 g/mol. The number of hydrogen-bond acceptors (Lipinski definition) is 9. The highest BCUT2D eigenvalue weighted by atomic mass is 32.2. The zero-order valence-corrected chi connectivity index (χ0v) is 28.3. The summed E-state index contributed by atoms with van der Waals surface area (Å²) in [5, 5.41) is 17.2. The number of nitrogen functional groups attached to an aromatic ring is 1. The number of H-pyrrole nitrogens is 1. The molecule has 2 amide bonds. The Morgan fingerprint density at radius 2 is 1.50 bits per heavy atom. The molecular formula is C37H40N6O6S. The minimum atomic E-state index is -4.12. The van der Waals surface area contributed by atoms with Crippen molar-refractivity contribution in [2.24, 2.45) is 5.73 Å². The van der Waals surface area contributed by atoms with Crippen LogP contribution in [0.2, 0.25) is 0 Å². The zero-order chi connectivity index (χ0) is 35.7. The van der Waals surface area contributed by atoms with Crippen molar-refractivity contribution in [3.63, 3.8) is 0 Å². The second-order valence-corrected chi connectivity index (χ2v) is 13.6. The number of methoxy groups -OCH3 is 1. The first-order valence-corrected chi connectivity index (χ1v) is 17.4. The van der Waals surface area contributed by atoms with Crippen LogP contribution in [0.3, 0.4) is 0 Å². The third kappa shape index (κ3) is 8.09. The lowest BCUT2D eigenvalue weighted by atomic mass is 9.84. The number of carbonyl (C=O) groups excluding carboxylic acids is 2. The number of aliphatic hydroxyl groups excluding tert-OH is 1. The number of ether oxygens (including phenoxy) is 1. The first kappa shape index (κ1) is 36.0. The number of para-hydroxylation sites is 1. The van der Waals surface area contributed by atoms with Gasteiger partial charge < -0.3 is 21.3 Å². The molecule has 0 saturated carbocycles. The standard InChI is InChI=1S/C37H40N6O6S/c1-49-37(46)43(36(45)35(39)34(28-11-4-2-5-12-28)29-13-6-3-7-14-29)33-15-9-8-10-27(33)16-19-31(25-44)42(24-26-22-40-41-23-26)50(47,48)32-20-17-30(38)18-21-32/h2-15,17-18,20-23,31,34-35,44H,16,19,24-25,38-39H2,1H3,(H,40,41)/t31-,35-/m0/s1. The number of hydrogen-bond donors (Lipinski definition) is 4. The Balaban J connectivity index is 1.47. The van der Waals surface area contributed by atoms with Crippen LogP contribution in [-0.2, 0) is 32.5 Å². The number of rotatable bonds is 14. The predicted octanol–water partition coefficient (Wildman–Crippen LogP) is 4.44. The van der Waals surface area contributed by atoms with Gasteiger partial charge in [-0.3, -0.25) is 9.89 Å². The summed E-state index contributed by atoms with van der Waals surface area (Å²) in [7, 11) is -2.94. The van der Waals surface area contributed by atoms with Crippen LogP contribution < -0.4 is 16.4 Å². The van der Waals surface area contributed by atoms with Gasteiger partial charge in [-0.1, -0.05) is 78.9 Å². The summed E-state index contributed by atoms with van der Waals surface area (Å²) in [6.07, 6.45) is 2.47. The molecule has 5 aromatic rings. The molecule has 1 aromatic heterocycles. The highest BCUT2D eigenvalue weighted by molar-refractivity contribution is 7.89. The topological polar surface area (TPSA) is 185 Å². The molecule has 1 heterocycles. The maximum absolute atomic E-state index is 14.3. The number of amides is 2. The summed E-state index contributed by atoms with van der Waals surface area (Å²) in [6, 6.07) is 29.2. The van der Waals surface area contributed by atoms with Crippen LogP contribution in [0.5, 0.6) is 0 Å². The number of nitrogens with one attached hydrogen (secondary N) is 1. The van der Waals surface area contributed by atoms with Gasteiger partial charge in [-0.05, 0) is 59.9 Å². The summed E-state index contributed by atoms with van der Waals surface area (Å²) < 4.78 is 34.2. The fraction of sp³-hybridized carbons (Fsp3) is 0.216. The quantitative estimate of drug-likeness (QED) is 0.122. The van der Waals surface area contributed by atoms with Crippen LogP contribution in [0.4, 0.5) is 16.2 Å². The van der Waals surface area contributed by atoms with Gasteiger partial charge >= 0.3 is 6.09 Å². The minimum absolute atomic E-state index is 0.0110. The number of aryl methyl sites for hydroxylation is 1. The lowest BCUT2D eigenvalue weighted by Crippen LogP contribution is -2.50. The number of aromatic nitrogens is 2. The second kappa shape index (κ2) is 16.4. The maximum Gasteiger partial charge on any atom is 0.420 e. The van der Waals surface area contributed by atoms with Crippen LogP contribution in [-0.4, -0.2) is 65.8 Å². The Labute approximate surface area is 291 Å². The first-order chi connectivity index (χ1) is 24.1. The van der Waals surface area contributed by atoms with Crippen LogP contribution >= 0.6 is 0 Å². The molecule has 50 heavy (non-hydrogen) atoms. The fourth-order valence-corrected chi connectivity index (χ4v) is 7.57. The summed E-state index contributed by atoms with van der Waals surface area (Å²) in [4.78, 5) is 28.7. The minimum Gasteiger partial charge on any atom is -0.452 e. The average Bonchev–Trinajstić information content (AvgIpc) is 3.66. The largest absolute Gasteiger partial charge is 0.452 e. The Bertz CT molecular complexity index is 1920. The number of anilines is 2. The molecule has 0 saturated heterocycles. The number of sulfonamides is 1. The van der Waals surface area contributed by atoms with Crippen LogP contribution in [0, 0.1) is 0 Å². The highest BCUT2D eigenvalue weighted by Crippen LogP contribution is 2.32. The van der Waals surface area contributed by atoms with Gasteiger partial charge in [0.2, 0.25) is 10.0 Å². The van der Waals surface area contributed by atoms with Gasteiger partial charge in [0, 0.05) is 36.0 Å². The Morgan fingerprint density at radius 3 is 2.06 bits per heavy atom. The van der Waals surface area contributed by atoms with E-state index in [1.165, 1.54) is 41.9 Å². The average molecular weight is 697 g/mol. The normalized spacial score (nSPS) is 12.8. The van der Waals surface area contributed by atoms with Gasteiger partial charge in [0.1, 0.15) is 0 Å². The number of nitrogens with zero attached hydrogens (tertiary/aromatic N) is 3. The van der Waals surface area contributed by atoms with E-state index in [0.717, 1.165) is 16.0 Å². The van der Waals surface area contributed by atoms with Crippen molar-refractivity contribution in [2.75, 3.05) is 24.4 Å². The lowest BCUT2D eigenvalue weighted by molar-refractivity contribution is -0.119. The molecule has 0 aliphatic carbocycles. The molecule has 0 radical (unpaired) electrons. The van der Waals surface area contributed by atoms with Crippen molar-refractivity contribution in [3.05, 3.63) is 144 Å². The van der Waals surface area contributed by atoms with E-state index in [9.17, 15) is 23.1 Å². The third-order valence-corrected chi connectivity index (χ3v) is 10.4. The van der Waals surface area contributed by atoms with Crippen molar-refractivity contribution in [2.45, 2.75) is 42.3 Å². The van der Waals surface area contributed by atoms with Crippen molar-refractivity contribution >= 4 is 33.4 Å². The number of nitrogens with two attached hydrogens (primary N) is 2. The highest BCUT2D eigenvalue weighted by Gasteiger charge is 2.37. The van der Waals surface area contributed by atoms with Crippen molar-refractivity contribution < 1.29 is 27.9 Å².